The second kappa shape index (κ2) is 3.67. The lowest BCUT2D eigenvalue weighted by molar-refractivity contribution is -0.133. The van der Waals surface area contributed by atoms with Crippen LogP contribution in [0, 0.1) is 0 Å². The van der Waals surface area contributed by atoms with E-state index in [1.54, 1.807) is 18.5 Å². The topological polar surface area (TPSA) is 80.0 Å². The van der Waals surface area contributed by atoms with Gasteiger partial charge in [0, 0.05) is 31.9 Å². The molecule has 7 nitrogen and oxygen atoms in total. The molecule has 2 aromatic heterocycles. The minimum atomic E-state index is -0.996. The van der Waals surface area contributed by atoms with Crippen LogP contribution in [0.25, 0.3) is 5.65 Å². The van der Waals surface area contributed by atoms with Crippen LogP contribution < -0.4 is 4.90 Å². The summed E-state index contributed by atoms with van der Waals surface area (Å²) in [7, 11) is 0. The van der Waals surface area contributed by atoms with Crippen molar-refractivity contribution in [3.63, 3.8) is 0 Å². The predicted molar refractivity (Wildman–Crippen MR) is 65.4 cm³/mol. The fourth-order valence-corrected chi connectivity index (χ4v) is 2.82. The van der Waals surface area contributed by atoms with Crippen LogP contribution >= 0.6 is 0 Å². The van der Waals surface area contributed by atoms with Crippen LogP contribution in [0.1, 0.15) is 16.8 Å². The van der Waals surface area contributed by atoms with Gasteiger partial charge in [-0.3, -0.25) is 0 Å². The first-order chi connectivity index (χ1) is 9.22. The van der Waals surface area contributed by atoms with Gasteiger partial charge in [0.25, 0.3) is 0 Å². The van der Waals surface area contributed by atoms with E-state index in [4.69, 9.17) is 4.74 Å². The van der Waals surface area contributed by atoms with Crippen LogP contribution in [0.15, 0.2) is 18.5 Å². The molecular weight excluding hydrogens is 248 g/mol. The van der Waals surface area contributed by atoms with Crippen molar-refractivity contribution < 1.29 is 14.6 Å². The zero-order valence-corrected chi connectivity index (χ0v) is 10.1. The lowest BCUT2D eigenvalue weighted by Crippen LogP contribution is -2.57. The lowest BCUT2D eigenvalue weighted by atomic mass is 9.98. The van der Waals surface area contributed by atoms with E-state index < -0.39 is 5.97 Å². The molecule has 3 aliphatic heterocycles. The van der Waals surface area contributed by atoms with Gasteiger partial charge in [0.1, 0.15) is 5.56 Å². The van der Waals surface area contributed by atoms with Crippen LogP contribution in [-0.2, 0) is 4.74 Å². The lowest BCUT2D eigenvalue weighted by Gasteiger charge is -2.47. The highest BCUT2D eigenvalue weighted by atomic mass is 16.5. The van der Waals surface area contributed by atoms with Crippen LogP contribution in [0.2, 0.25) is 0 Å². The largest absolute Gasteiger partial charge is 0.477 e. The molecule has 1 N–H and O–H groups in total. The van der Waals surface area contributed by atoms with Crippen molar-refractivity contribution in [2.75, 3.05) is 18.0 Å². The summed E-state index contributed by atoms with van der Waals surface area (Å²) in [6.45, 7) is 1.39. The van der Waals surface area contributed by atoms with E-state index >= 15 is 0 Å². The van der Waals surface area contributed by atoms with Crippen LogP contribution in [0.5, 0.6) is 0 Å². The molecule has 0 amide bonds. The van der Waals surface area contributed by atoms with Gasteiger partial charge in [0.05, 0.1) is 12.2 Å². The SMILES string of the molecule is O=C(O)c1c(N2CC3CC(C2)O3)nn2cccnc12. The number of hydrogen-bond acceptors (Lipinski definition) is 5. The highest BCUT2D eigenvalue weighted by molar-refractivity contribution is 6.00. The number of aromatic carboxylic acids is 1. The van der Waals surface area contributed by atoms with Gasteiger partial charge in [-0.2, -0.15) is 0 Å². The Morgan fingerprint density at radius 1 is 1.42 bits per heavy atom. The van der Waals surface area contributed by atoms with Crippen molar-refractivity contribution in [1.29, 1.82) is 0 Å². The van der Waals surface area contributed by atoms with Crippen molar-refractivity contribution >= 4 is 17.4 Å². The molecule has 3 saturated heterocycles. The van der Waals surface area contributed by atoms with Gasteiger partial charge in [0.15, 0.2) is 11.5 Å². The third-order valence-electron chi connectivity index (χ3n) is 3.65. The monoisotopic (exact) mass is 260 g/mol. The Morgan fingerprint density at radius 3 is 2.84 bits per heavy atom. The Hall–Kier alpha value is -2.15. The molecule has 2 atom stereocenters. The second-order valence-corrected chi connectivity index (χ2v) is 4.91. The maximum atomic E-state index is 11.5. The van der Waals surface area contributed by atoms with E-state index in [0.717, 1.165) is 6.42 Å². The molecule has 5 heterocycles. The zero-order valence-electron chi connectivity index (χ0n) is 10.1. The van der Waals surface area contributed by atoms with E-state index in [1.165, 1.54) is 4.52 Å². The molecule has 0 saturated carbocycles. The van der Waals surface area contributed by atoms with Crippen LogP contribution in [0.4, 0.5) is 5.82 Å². The predicted octanol–water partition coefficient (Wildman–Crippen LogP) is 0.405. The number of piperidine rings is 1. The van der Waals surface area contributed by atoms with Crippen LogP contribution in [-0.4, -0.2) is 51.0 Å². The summed E-state index contributed by atoms with van der Waals surface area (Å²) >= 11 is 0. The number of fused-ring (bicyclic) bond motifs is 3. The molecule has 98 valence electrons. The van der Waals surface area contributed by atoms with Crippen molar-refractivity contribution in [2.24, 2.45) is 0 Å². The molecule has 5 rings (SSSR count). The summed E-state index contributed by atoms with van der Waals surface area (Å²) in [4.78, 5) is 17.6. The molecule has 3 fully saturated rings. The molecule has 0 spiro atoms. The molecule has 0 radical (unpaired) electrons. The molecule has 0 aliphatic carbocycles. The minimum absolute atomic E-state index is 0.168. The summed E-state index contributed by atoms with van der Waals surface area (Å²) in [6.07, 6.45) is 4.75. The fraction of sp³-hybridized carbons (Fsp3) is 0.417. The van der Waals surface area contributed by atoms with E-state index in [9.17, 15) is 9.90 Å². The second-order valence-electron chi connectivity index (χ2n) is 4.91. The highest BCUT2D eigenvalue weighted by Gasteiger charge is 2.40. The molecule has 0 aromatic carbocycles. The first-order valence-corrected chi connectivity index (χ1v) is 6.19. The van der Waals surface area contributed by atoms with Gasteiger partial charge in [-0.25, -0.2) is 14.3 Å². The molecule has 7 heteroatoms. The zero-order chi connectivity index (χ0) is 13.0. The van der Waals surface area contributed by atoms with Crippen molar-refractivity contribution in [3.8, 4) is 0 Å². The maximum Gasteiger partial charge on any atom is 0.343 e. The number of morpholine rings is 1. The average molecular weight is 260 g/mol. The van der Waals surface area contributed by atoms with E-state index in [0.29, 0.717) is 24.6 Å². The smallest absolute Gasteiger partial charge is 0.343 e. The number of aromatic nitrogens is 3. The number of nitrogens with zero attached hydrogens (tertiary/aromatic N) is 4. The first-order valence-electron chi connectivity index (χ1n) is 6.19. The van der Waals surface area contributed by atoms with Gasteiger partial charge in [0.2, 0.25) is 0 Å². The van der Waals surface area contributed by atoms with Crippen molar-refractivity contribution in [3.05, 3.63) is 24.0 Å². The van der Waals surface area contributed by atoms with Gasteiger partial charge in [-0.1, -0.05) is 0 Å². The van der Waals surface area contributed by atoms with Crippen molar-refractivity contribution in [2.45, 2.75) is 18.6 Å². The van der Waals surface area contributed by atoms with Gasteiger partial charge in [-0.15, -0.1) is 5.10 Å². The van der Waals surface area contributed by atoms with Gasteiger partial charge in [-0.05, 0) is 6.07 Å². The molecular formula is C12H12N4O3. The Labute approximate surface area is 108 Å². The maximum absolute atomic E-state index is 11.5. The van der Waals surface area contributed by atoms with Crippen LogP contribution in [0.3, 0.4) is 0 Å². The first kappa shape index (κ1) is 10.7. The van der Waals surface area contributed by atoms with Crippen molar-refractivity contribution in [1.82, 2.24) is 14.6 Å². The Balaban J connectivity index is 1.84. The number of rotatable bonds is 2. The van der Waals surface area contributed by atoms with Gasteiger partial charge >= 0.3 is 5.97 Å². The number of carboxylic acid groups (broad SMARTS) is 1. The quantitative estimate of drug-likeness (QED) is 0.842. The van der Waals surface area contributed by atoms with E-state index in [-0.39, 0.29) is 17.8 Å². The standard InChI is InChI=1S/C12H12N4O3/c17-12(18)9-10-13-2-1-3-16(10)14-11(9)15-5-7-4-8(6-15)19-7/h1-3,7-8H,4-6H2,(H,17,18). The van der Waals surface area contributed by atoms with Gasteiger partial charge < -0.3 is 14.7 Å². The minimum Gasteiger partial charge on any atom is -0.477 e. The number of carboxylic acids is 1. The Morgan fingerprint density at radius 2 is 2.16 bits per heavy atom. The van der Waals surface area contributed by atoms with E-state index in [2.05, 4.69) is 10.1 Å². The molecule has 19 heavy (non-hydrogen) atoms. The number of ether oxygens (including phenoxy) is 1. The summed E-state index contributed by atoms with van der Waals surface area (Å²) in [5.41, 5.74) is 0.548. The number of carbonyl (C=O) groups is 1. The average Bonchev–Trinajstić information content (AvgIpc) is 2.77. The Kier molecular flexibility index (Phi) is 2.08. The number of hydrogen-bond donors (Lipinski definition) is 1. The number of anilines is 1. The molecule has 2 aromatic rings. The third kappa shape index (κ3) is 1.51. The third-order valence-corrected chi connectivity index (χ3v) is 3.65. The summed E-state index contributed by atoms with van der Waals surface area (Å²) in [6, 6.07) is 1.73. The molecule has 2 bridgehead atoms. The Bertz CT molecular complexity index is 652. The normalized spacial score (nSPS) is 25.4. The molecule has 2 unspecified atom stereocenters. The summed E-state index contributed by atoms with van der Waals surface area (Å²) in [5.74, 6) is -0.506. The highest BCUT2D eigenvalue weighted by Crippen LogP contribution is 2.33. The fourth-order valence-electron chi connectivity index (χ4n) is 2.82. The van der Waals surface area contributed by atoms with E-state index in [1.807, 2.05) is 4.90 Å². The summed E-state index contributed by atoms with van der Waals surface area (Å²) in [5, 5.41) is 13.8. The summed E-state index contributed by atoms with van der Waals surface area (Å²) < 4.78 is 7.08. The molecule has 3 aliphatic rings.